The van der Waals surface area contributed by atoms with Crippen LogP contribution in [0, 0.1) is 0 Å². The van der Waals surface area contributed by atoms with Crippen molar-refractivity contribution in [2.75, 3.05) is 7.11 Å². The molecule has 3 rings (SSSR count). The molecule has 6 heteroatoms. The van der Waals surface area contributed by atoms with Crippen molar-refractivity contribution in [2.45, 2.75) is 13.0 Å². The number of carbonyl (C=O) groups excluding carboxylic acids is 1. The highest BCUT2D eigenvalue weighted by molar-refractivity contribution is 6.33. The molecule has 2 aromatic rings. The monoisotopic (exact) mass is 350 g/mol. The largest absolute Gasteiger partial charge is 0.493 e. The number of halogens is 3. The number of rotatable bonds is 4. The van der Waals surface area contributed by atoms with Crippen LogP contribution in [0.25, 0.3) is 6.08 Å². The third-order valence-electron chi connectivity index (χ3n) is 3.79. The number of fused-ring (bicyclic) bond motifs is 1. The Labute approximate surface area is 142 Å². The smallest absolute Gasteiger partial charge is 0.387 e. The molecule has 0 atom stereocenters. The van der Waals surface area contributed by atoms with Gasteiger partial charge < -0.3 is 9.47 Å². The van der Waals surface area contributed by atoms with E-state index >= 15 is 0 Å². The summed E-state index contributed by atoms with van der Waals surface area (Å²) in [5.74, 6) is -0.0960. The van der Waals surface area contributed by atoms with Gasteiger partial charge in [-0.3, -0.25) is 4.79 Å². The van der Waals surface area contributed by atoms with Gasteiger partial charge in [-0.25, -0.2) is 0 Å². The molecule has 0 heterocycles. The van der Waals surface area contributed by atoms with E-state index in [1.807, 2.05) is 0 Å². The maximum absolute atomic E-state index is 12.7. The first kappa shape index (κ1) is 16.5. The predicted octanol–water partition coefficient (Wildman–Crippen LogP) is 4.77. The third kappa shape index (κ3) is 2.99. The van der Waals surface area contributed by atoms with Crippen molar-refractivity contribution in [1.82, 2.24) is 0 Å². The third-order valence-corrected chi connectivity index (χ3v) is 4.14. The molecule has 0 saturated carbocycles. The fourth-order valence-electron chi connectivity index (χ4n) is 2.72. The van der Waals surface area contributed by atoms with Gasteiger partial charge in [0.05, 0.1) is 7.11 Å². The summed E-state index contributed by atoms with van der Waals surface area (Å²) in [7, 11) is 1.36. The van der Waals surface area contributed by atoms with E-state index in [2.05, 4.69) is 4.74 Å². The molecule has 0 amide bonds. The molecule has 0 fully saturated rings. The van der Waals surface area contributed by atoms with Crippen molar-refractivity contribution in [3.63, 3.8) is 0 Å². The molecule has 0 N–H and O–H groups in total. The number of hydrogen-bond acceptors (Lipinski definition) is 3. The Morgan fingerprint density at radius 3 is 2.62 bits per heavy atom. The van der Waals surface area contributed by atoms with Crippen molar-refractivity contribution in [3.05, 3.63) is 63.7 Å². The lowest BCUT2D eigenvalue weighted by atomic mass is 10.1. The van der Waals surface area contributed by atoms with Crippen molar-refractivity contribution < 1.29 is 23.0 Å². The zero-order valence-corrected chi connectivity index (χ0v) is 13.4. The molecule has 1 aliphatic rings. The maximum Gasteiger partial charge on any atom is 0.387 e. The van der Waals surface area contributed by atoms with Crippen molar-refractivity contribution in [3.8, 4) is 11.5 Å². The van der Waals surface area contributed by atoms with Crippen LogP contribution >= 0.6 is 11.6 Å². The van der Waals surface area contributed by atoms with E-state index in [9.17, 15) is 13.6 Å². The summed E-state index contributed by atoms with van der Waals surface area (Å²) in [5, 5.41) is 0.513. The summed E-state index contributed by atoms with van der Waals surface area (Å²) in [6, 6.07) is 9.87. The van der Waals surface area contributed by atoms with Crippen LogP contribution in [0.2, 0.25) is 5.02 Å². The molecule has 0 aromatic heterocycles. The molecule has 1 aliphatic carbocycles. The minimum Gasteiger partial charge on any atom is -0.493 e. The number of allylic oxidation sites excluding steroid dienone is 1. The van der Waals surface area contributed by atoms with E-state index in [1.165, 1.54) is 13.2 Å². The van der Waals surface area contributed by atoms with Crippen LogP contribution in [-0.4, -0.2) is 19.5 Å². The molecule has 24 heavy (non-hydrogen) atoms. The summed E-state index contributed by atoms with van der Waals surface area (Å²) >= 11 is 6.13. The van der Waals surface area contributed by atoms with Crippen LogP contribution in [0.3, 0.4) is 0 Å². The second kappa shape index (κ2) is 6.61. The fraction of sp³-hybridized carbons (Fsp3) is 0.167. The Balaban J connectivity index is 2.04. The maximum atomic E-state index is 12.7. The molecule has 0 spiro atoms. The van der Waals surface area contributed by atoms with Crippen LogP contribution in [0.1, 0.15) is 21.5 Å². The van der Waals surface area contributed by atoms with Gasteiger partial charge in [0.25, 0.3) is 0 Å². The van der Waals surface area contributed by atoms with Gasteiger partial charge in [-0.05, 0) is 23.8 Å². The van der Waals surface area contributed by atoms with E-state index in [0.717, 1.165) is 5.56 Å². The molecule has 0 bridgehead atoms. The number of methoxy groups -OCH3 is 1. The standard InChI is InChI=1S/C18H13ClF2O3/c1-23-15-7-2-4-10(17(15)24-18(20)21)8-11-9-13-12(16(11)22)5-3-6-14(13)19/h2-8,18H,9H2,1H3. The summed E-state index contributed by atoms with van der Waals surface area (Å²) in [5.41, 5.74) is 2.09. The second-order valence-corrected chi connectivity index (χ2v) is 5.61. The summed E-state index contributed by atoms with van der Waals surface area (Å²) in [6.07, 6.45) is 1.89. The lowest BCUT2D eigenvalue weighted by Gasteiger charge is -2.12. The molecular weight excluding hydrogens is 338 g/mol. The van der Waals surface area contributed by atoms with Crippen LogP contribution < -0.4 is 9.47 Å². The van der Waals surface area contributed by atoms with Crippen LogP contribution in [0.4, 0.5) is 8.78 Å². The molecule has 0 radical (unpaired) electrons. The highest BCUT2D eigenvalue weighted by atomic mass is 35.5. The summed E-state index contributed by atoms with van der Waals surface area (Å²) < 4.78 is 35.0. The van der Waals surface area contributed by atoms with Crippen molar-refractivity contribution in [2.24, 2.45) is 0 Å². The molecular formula is C18H13ClF2O3. The number of carbonyl (C=O) groups is 1. The van der Waals surface area contributed by atoms with E-state index in [1.54, 1.807) is 36.4 Å². The Bertz CT molecular complexity index is 831. The van der Waals surface area contributed by atoms with Crippen LogP contribution in [-0.2, 0) is 6.42 Å². The van der Waals surface area contributed by atoms with Crippen LogP contribution in [0.5, 0.6) is 11.5 Å². The van der Waals surface area contributed by atoms with Gasteiger partial charge in [-0.1, -0.05) is 35.9 Å². The molecule has 0 saturated heterocycles. The van der Waals surface area contributed by atoms with Gasteiger partial charge in [0.1, 0.15) is 0 Å². The summed E-state index contributed by atoms with van der Waals surface area (Å²) in [6.45, 7) is -3.00. The van der Waals surface area contributed by atoms with Gasteiger partial charge in [0.2, 0.25) is 0 Å². The Morgan fingerprint density at radius 1 is 1.21 bits per heavy atom. The van der Waals surface area contributed by atoms with Gasteiger partial charge in [0.15, 0.2) is 17.3 Å². The van der Waals surface area contributed by atoms with Gasteiger partial charge in [-0.15, -0.1) is 0 Å². The lowest BCUT2D eigenvalue weighted by Crippen LogP contribution is -2.05. The van der Waals surface area contributed by atoms with Crippen LogP contribution in [0.15, 0.2) is 42.0 Å². The van der Waals surface area contributed by atoms with Crippen molar-refractivity contribution in [1.29, 1.82) is 0 Å². The average Bonchev–Trinajstić information content (AvgIpc) is 2.87. The minimum absolute atomic E-state index is 0.0997. The molecule has 124 valence electrons. The zero-order valence-electron chi connectivity index (χ0n) is 12.7. The SMILES string of the molecule is COc1cccc(C=C2Cc3c(Cl)cccc3C2=O)c1OC(F)F. The number of para-hydroxylation sites is 1. The zero-order chi connectivity index (χ0) is 17.3. The Hall–Kier alpha value is -2.40. The second-order valence-electron chi connectivity index (χ2n) is 5.20. The number of Topliss-reactive ketones (excluding diaryl/α,β-unsaturated/α-hetero) is 1. The number of benzene rings is 2. The normalized spacial score (nSPS) is 15.0. The number of ether oxygens (including phenoxy) is 2. The van der Waals surface area contributed by atoms with Gasteiger partial charge in [0, 0.05) is 28.1 Å². The quantitative estimate of drug-likeness (QED) is 0.745. The fourth-order valence-corrected chi connectivity index (χ4v) is 2.96. The molecule has 3 nitrogen and oxygen atoms in total. The molecule has 2 aromatic carbocycles. The van der Waals surface area contributed by atoms with E-state index < -0.39 is 6.61 Å². The number of ketones is 1. The number of hydrogen-bond donors (Lipinski definition) is 0. The van der Waals surface area contributed by atoms with E-state index in [0.29, 0.717) is 28.1 Å². The Morgan fingerprint density at radius 2 is 1.96 bits per heavy atom. The minimum atomic E-state index is -3.00. The first-order valence-electron chi connectivity index (χ1n) is 7.15. The average molecular weight is 351 g/mol. The van der Waals surface area contributed by atoms with E-state index in [4.69, 9.17) is 16.3 Å². The van der Waals surface area contributed by atoms with E-state index in [-0.39, 0.29) is 17.3 Å². The molecule has 0 aliphatic heterocycles. The van der Waals surface area contributed by atoms with Crippen molar-refractivity contribution >= 4 is 23.5 Å². The lowest BCUT2D eigenvalue weighted by molar-refractivity contribution is -0.0513. The highest BCUT2D eigenvalue weighted by Gasteiger charge is 2.27. The first-order valence-corrected chi connectivity index (χ1v) is 7.53. The van der Waals surface area contributed by atoms with Gasteiger partial charge >= 0.3 is 6.61 Å². The number of alkyl halides is 2. The molecule has 0 unspecified atom stereocenters. The first-order chi connectivity index (χ1) is 11.5. The summed E-state index contributed by atoms with van der Waals surface area (Å²) in [4.78, 5) is 12.5. The Kier molecular flexibility index (Phi) is 4.53. The topological polar surface area (TPSA) is 35.5 Å². The van der Waals surface area contributed by atoms with Gasteiger partial charge in [-0.2, -0.15) is 8.78 Å². The highest BCUT2D eigenvalue weighted by Crippen LogP contribution is 2.37. The predicted molar refractivity (Wildman–Crippen MR) is 87.1 cm³/mol.